The fourth-order valence-corrected chi connectivity index (χ4v) is 2.87. The Bertz CT molecular complexity index is 745. The standard InChI is InChI=1S/C12H7ClF3NO2S/c13-8-6-7(4-5-9(8)14)17-20(18,19)12-10(15)2-1-3-11(12)16/h1-6,17H. The molecule has 2 aromatic rings. The Balaban J connectivity index is 2.43. The van der Waals surface area contributed by atoms with E-state index in [9.17, 15) is 21.6 Å². The van der Waals surface area contributed by atoms with Crippen LogP contribution in [0.25, 0.3) is 0 Å². The molecule has 0 amide bonds. The van der Waals surface area contributed by atoms with Crippen molar-refractivity contribution in [1.29, 1.82) is 0 Å². The first-order valence-electron chi connectivity index (χ1n) is 5.23. The van der Waals surface area contributed by atoms with Crippen LogP contribution in [0.1, 0.15) is 0 Å². The molecule has 20 heavy (non-hydrogen) atoms. The first-order valence-corrected chi connectivity index (χ1v) is 7.09. The second-order valence-corrected chi connectivity index (χ2v) is 5.81. The molecule has 0 aliphatic heterocycles. The predicted octanol–water partition coefficient (Wildman–Crippen LogP) is 3.56. The Morgan fingerprint density at radius 2 is 1.55 bits per heavy atom. The third-order valence-corrected chi connectivity index (χ3v) is 4.08. The van der Waals surface area contributed by atoms with Crippen LogP contribution in [0.15, 0.2) is 41.3 Å². The Labute approximate surface area is 118 Å². The summed E-state index contributed by atoms with van der Waals surface area (Å²) < 4.78 is 65.6. The van der Waals surface area contributed by atoms with Crippen LogP contribution < -0.4 is 4.72 Å². The zero-order chi connectivity index (χ0) is 14.9. The maximum Gasteiger partial charge on any atom is 0.267 e. The van der Waals surface area contributed by atoms with E-state index in [-0.39, 0.29) is 10.7 Å². The molecule has 0 fully saturated rings. The summed E-state index contributed by atoms with van der Waals surface area (Å²) in [6, 6.07) is 5.67. The zero-order valence-electron chi connectivity index (χ0n) is 9.70. The molecule has 0 saturated heterocycles. The molecule has 0 radical (unpaired) electrons. The molecule has 0 bridgehead atoms. The highest BCUT2D eigenvalue weighted by molar-refractivity contribution is 7.92. The topological polar surface area (TPSA) is 46.2 Å². The molecule has 0 unspecified atom stereocenters. The van der Waals surface area contributed by atoms with E-state index in [0.717, 1.165) is 36.4 Å². The fourth-order valence-electron chi connectivity index (χ4n) is 1.51. The highest BCUT2D eigenvalue weighted by Gasteiger charge is 2.24. The van der Waals surface area contributed by atoms with E-state index in [1.165, 1.54) is 0 Å². The van der Waals surface area contributed by atoms with Gasteiger partial charge in [0.15, 0.2) is 4.90 Å². The molecule has 0 aliphatic carbocycles. The summed E-state index contributed by atoms with van der Waals surface area (Å²) in [5, 5.41) is -0.320. The van der Waals surface area contributed by atoms with Crippen molar-refractivity contribution in [2.24, 2.45) is 0 Å². The maximum atomic E-state index is 13.4. The van der Waals surface area contributed by atoms with Crippen molar-refractivity contribution in [3.8, 4) is 0 Å². The van der Waals surface area contributed by atoms with Crippen molar-refractivity contribution in [2.75, 3.05) is 4.72 Å². The minimum Gasteiger partial charge on any atom is -0.279 e. The van der Waals surface area contributed by atoms with Crippen molar-refractivity contribution in [1.82, 2.24) is 0 Å². The van der Waals surface area contributed by atoms with Gasteiger partial charge in [0.1, 0.15) is 17.5 Å². The van der Waals surface area contributed by atoms with Crippen LogP contribution in [0, 0.1) is 17.5 Å². The largest absolute Gasteiger partial charge is 0.279 e. The summed E-state index contributed by atoms with van der Waals surface area (Å²) in [5.41, 5.74) is -0.112. The van der Waals surface area contributed by atoms with Gasteiger partial charge in [-0.3, -0.25) is 4.72 Å². The predicted molar refractivity (Wildman–Crippen MR) is 68.6 cm³/mol. The highest BCUT2D eigenvalue weighted by atomic mass is 35.5. The zero-order valence-corrected chi connectivity index (χ0v) is 11.3. The second kappa shape index (κ2) is 5.34. The first kappa shape index (κ1) is 14.7. The molecule has 1 N–H and O–H groups in total. The molecule has 3 nitrogen and oxygen atoms in total. The van der Waals surface area contributed by atoms with Crippen LogP contribution >= 0.6 is 11.6 Å². The monoisotopic (exact) mass is 321 g/mol. The van der Waals surface area contributed by atoms with Gasteiger partial charge in [-0.1, -0.05) is 17.7 Å². The van der Waals surface area contributed by atoms with E-state index in [0.29, 0.717) is 0 Å². The van der Waals surface area contributed by atoms with Gasteiger partial charge in [0.05, 0.1) is 10.7 Å². The average Bonchev–Trinajstić information content (AvgIpc) is 2.33. The quantitative estimate of drug-likeness (QED) is 0.939. The average molecular weight is 322 g/mol. The lowest BCUT2D eigenvalue weighted by Crippen LogP contribution is -2.16. The number of rotatable bonds is 3. The lowest BCUT2D eigenvalue weighted by atomic mass is 10.3. The van der Waals surface area contributed by atoms with Crippen molar-refractivity contribution < 1.29 is 21.6 Å². The molecule has 106 valence electrons. The van der Waals surface area contributed by atoms with Crippen LogP contribution in [-0.4, -0.2) is 8.42 Å². The SMILES string of the molecule is O=S(=O)(Nc1ccc(F)c(Cl)c1)c1c(F)cccc1F. The van der Waals surface area contributed by atoms with Crippen molar-refractivity contribution in [3.05, 3.63) is 58.9 Å². The van der Waals surface area contributed by atoms with Gasteiger partial charge in [-0.05, 0) is 30.3 Å². The first-order chi connectivity index (χ1) is 9.31. The highest BCUT2D eigenvalue weighted by Crippen LogP contribution is 2.24. The summed E-state index contributed by atoms with van der Waals surface area (Å²) in [5.74, 6) is -3.21. The summed E-state index contributed by atoms with van der Waals surface area (Å²) in [6.45, 7) is 0. The van der Waals surface area contributed by atoms with Gasteiger partial charge in [-0.15, -0.1) is 0 Å². The molecular weight excluding hydrogens is 315 g/mol. The number of anilines is 1. The van der Waals surface area contributed by atoms with Gasteiger partial charge in [-0.2, -0.15) is 0 Å². The second-order valence-electron chi connectivity index (χ2n) is 3.79. The minimum atomic E-state index is -4.49. The van der Waals surface area contributed by atoms with Crippen molar-refractivity contribution >= 4 is 27.3 Å². The molecule has 0 heterocycles. The molecule has 0 saturated carbocycles. The van der Waals surface area contributed by atoms with Crippen LogP contribution in [0.4, 0.5) is 18.9 Å². The third-order valence-electron chi connectivity index (χ3n) is 2.36. The van der Waals surface area contributed by atoms with E-state index in [2.05, 4.69) is 0 Å². The summed E-state index contributed by atoms with van der Waals surface area (Å²) in [7, 11) is -4.49. The van der Waals surface area contributed by atoms with Gasteiger partial charge >= 0.3 is 0 Å². The van der Waals surface area contributed by atoms with Gasteiger partial charge in [0.25, 0.3) is 10.0 Å². The van der Waals surface area contributed by atoms with E-state index in [1.54, 1.807) is 0 Å². The maximum absolute atomic E-state index is 13.4. The van der Waals surface area contributed by atoms with Gasteiger partial charge in [0, 0.05) is 0 Å². The molecule has 2 rings (SSSR count). The molecular formula is C12H7ClF3NO2S. The van der Waals surface area contributed by atoms with Crippen LogP contribution in [0.3, 0.4) is 0 Å². The fraction of sp³-hybridized carbons (Fsp3) is 0. The Morgan fingerprint density at radius 3 is 2.10 bits per heavy atom. The molecule has 0 atom stereocenters. The molecule has 0 aliphatic rings. The van der Waals surface area contributed by atoms with Gasteiger partial charge < -0.3 is 0 Å². The van der Waals surface area contributed by atoms with E-state index in [1.807, 2.05) is 4.72 Å². The number of hydrogen-bond donors (Lipinski definition) is 1. The van der Waals surface area contributed by atoms with E-state index >= 15 is 0 Å². The van der Waals surface area contributed by atoms with Crippen molar-refractivity contribution in [2.45, 2.75) is 4.90 Å². The Hall–Kier alpha value is -1.73. The van der Waals surface area contributed by atoms with Gasteiger partial charge in [-0.25, -0.2) is 21.6 Å². The number of nitrogens with one attached hydrogen (secondary N) is 1. The normalized spacial score (nSPS) is 11.4. The number of halogens is 4. The third kappa shape index (κ3) is 2.88. The Morgan fingerprint density at radius 1 is 0.950 bits per heavy atom. The summed E-state index contributed by atoms with van der Waals surface area (Å²) in [6.07, 6.45) is 0. The number of sulfonamides is 1. The Kier molecular flexibility index (Phi) is 3.92. The van der Waals surface area contributed by atoms with Crippen LogP contribution in [0.5, 0.6) is 0 Å². The van der Waals surface area contributed by atoms with E-state index < -0.39 is 32.4 Å². The van der Waals surface area contributed by atoms with Crippen molar-refractivity contribution in [3.63, 3.8) is 0 Å². The lowest BCUT2D eigenvalue weighted by Gasteiger charge is -2.10. The molecule has 0 aromatic heterocycles. The number of benzene rings is 2. The lowest BCUT2D eigenvalue weighted by molar-refractivity contribution is 0.521. The summed E-state index contributed by atoms with van der Waals surface area (Å²) >= 11 is 5.49. The minimum absolute atomic E-state index is 0.112. The van der Waals surface area contributed by atoms with E-state index in [4.69, 9.17) is 11.6 Å². The smallest absolute Gasteiger partial charge is 0.267 e. The molecule has 0 spiro atoms. The molecule has 2 aromatic carbocycles. The number of hydrogen-bond acceptors (Lipinski definition) is 2. The summed E-state index contributed by atoms with van der Waals surface area (Å²) in [4.78, 5) is -1.11. The van der Waals surface area contributed by atoms with Crippen LogP contribution in [0.2, 0.25) is 5.02 Å². The van der Waals surface area contributed by atoms with Crippen LogP contribution in [-0.2, 0) is 10.0 Å². The molecule has 8 heteroatoms. The van der Waals surface area contributed by atoms with Gasteiger partial charge in [0.2, 0.25) is 0 Å².